The maximum atomic E-state index is 11.7. The van der Waals surface area contributed by atoms with Crippen LogP contribution < -0.4 is 10.5 Å². The van der Waals surface area contributed by atoms with Crippen LogP contribution in [-0.2, 0) is 6.54 Å². The van der Waals surface area contributed by atoms with Crippen molar-refractivity contribution in [2.45, 2.75) is 20.4 Å². The summed E-state index contributed by atoms with van der Waals surface area (Å²) in [6.07, 6.45) is 0. The second-order valence-corrected chi connectivity index (χ2v) is 5.62. The largest absolute Gasteiger partial charge is 0.346 e. The van der Waals surface area contributed by atoms with Crippen molar-refractivity contribution < 1.29 is 0 Å². The molecule has 19 heavy (non-hydrogen) atoms. The third-order valence-corrected chi connectivity index (χ3v) is 4.04. The van der Waals surface area contributed by atoms with E-state index in [1.165, 1.54) is 11.5 Å². The van der Waals surface area contributed by atoms with Crippen LogP contribution in [0, 0.1) is 19.8 Å². The molecule has 0 amide bonds. The second kappa shape index (κ2) is 4.73. The molecule has 7 heteroatoms. The summed E-state index contributed by atoms with van der Waals surface area (Å²) >= 11 is 1.43. The zero-order chi connectivity index (χ0) is 13.4. The standard InChI is InChI=1S/C12H15N5OS/c1-8-3-4-11(18)17(14-8)7-10-5-16(6-10)12-13-9(2)15-19-12/h3-4,10H,5-7H2,1-2H3. The van der Waals surface area contributed by atoms with E-state index < -0.39 is 0 Å². The lowest BCUT2D eigenvalue weighted by Crippen LogP contribution is -2.49. The van der Waals surface area contributed by atoms with Gasteiger partial charge in [0.2, 0.25) is 5.13 Å². The van der Waals surface area contributed by atoms with Gasteiger partial charge in [0.25, 0.3) is 5.56 Å². The molecule has 1 fully saturated rings. The first kappa shape index (κ1) is 12.3. The molecule has 0 spiro atoms. The van der Waals surface area contributed by atoms with Gasteiger partial charge in [-0.3, -0.25) is 4.79 Å². The molecule has 6 nitrogen and oxygen atoms in total. The topological polar surface area (TPSA) is 63.9 Å². The predicted octanol–water partition coefficient (Wildman–Crippen LogP) is 0.848. The lowest BCUT2D eigenvalue weighted by molar-refractivity contribution is 0.333. The van der Waals surface area contributed by atoms with E-state index in [0.717, 1.165) is 29.7 Å². The van der Waals surface area contributed by atoms with Crippen LogP contribution in [0.5, 0.6) is 0 Å². The molecule has 0 aromatic carbocycles. The summed E-state index contributed by atoms with van der Waals surface area (Å²) in [4.78, 5) is 18.2. The number of hydrogen-bond donors (Lipinski definition) is 0. The Kier molecular flexibility index (Phi) is 3.06. The van der Waals surface area contributed by atoms with Gasteiger partial charge >= 0.3 is 0 Å². The van der Waals surface area contributed by atoms with Gasteiger partial charge in [0.05, 0.1) is 12.2 Å². The van der Waals surface area contributed by atoms with Gasteiger partial charge in [-0.15, -0.1) is 0 Å². The maximum absolute atomic E-state index is 11.7. The molecule has 0 atom stereocenters. The van der Waals surface area contributed by atoms with E-state index in [4.69, 9.17) is 0 Å². The molecule has 1 aliphatic heterocycles. The van der Waals surface area contributed by atoms with Gasteiger partial charge in [0, 0.05) is 36.6 Å². The zero-order valence-electron chi connectivity index (χ0n) is 10.9. The van der Waals surface area contributed by atoms with Crippen LogP contribution in [0.15, 0.2) is 16.9 Å². The van der Waals surface area contributed by atoms with Gasteiger partial charge < -0.3 is 4.90 Å². The summed E-state index contributed by atoms with van der Waals surface area (Å²) < 4.78 is 5.73. The Balaban J connectivity index is 1.62. The van der Waals surface area contributed by atoms with Crippen molar-refractivity contribution >= 4 is 16.7 Å². The van der Waals surface area contributed by atoms with Crippen molar-refractivity contribution in [3.8, 4) is 0 Å². The van der Waals surface area contributed by atoms with E-state index in [9.17, 15) is 4.79 Å². The van der Waals surface area contributed by atoms with Gasteiger partial charge in [-0.2, -0.15) is 9.47 Å². The van der Waals surface area contributed by atoms with E-state index in [0.29, 0.717) is 12.5 Å². The van der Waals surface area contributed by atoms with Crippen LogP contribution in [0.25, 0.3) is 0 Å². The van der Waals surface area contributed by atoms with Crippen molar-refractivity contribution in [3.05, 3.63) is 34.0 Å². The average molecular weight is 277 g/mol. The summed E-state index contributed by atoms with van der Waals surface area (Å²) in [5.74, 6) is 1.27. The first-order valence-corrected chi connectivity index (χ1v) is 6.99. The molecule has 0 bridgehead atoms. The third kappa shape index (κ3) is 2.51. The molecule has 1 aliphatic rings. The lowest BCUT2D eigenvalue weighted by Gasteiger charge is -2.38. The first-order valence-electron chi connectivity index (χ1n) is 6.22. The Morgan fingerprint density at radius 1 is 1.37 bits per heavy atom. The predicted molar refractivity (Wildman–Crippen MR) is 73.6 cm³/mol. The highest BCUT2D eigenvalue weighted by atomic mass is 32.1. The molecule has 0 radical (unpaired) electrons. The third-order valence-electron chi connectivity index (χ3n) is 3.18. The van der Waals surface area contributed by atoms with Crippen LogP contribution in [0.4, 0.5) is 5.13 Å². The molecular formula is C12H15N5OS. The zero-order valence-corrected chi connectivity index (χ0v) is 11.7. The van der Waals surface area contributed by atoms with E-state index in [2.05, 4.69) is 19.4 Å². The summed E-state index contributed by atoms with van der Waals surface area (Å²) in [7, 11) is 0. The fourth-order valence-electron chi connectivity index (χ4n) is 2.18. The van der Waals surface area contributed by atoms with Gasteiger partial charge in [0.15, 0.2) is 0 Å². The van der Waals surface area contributed by atoms with Gasteiger partial charge in [-0.25, -0.2) is 9.67 Å². The fourth-order valence-corrected chi connectivity index (χ4v) is 2.87. The first-order chi connectivity index (χ1) is 9.11. The molecule has 100 valence electrons. The van der Waals surface area contributed by atoms with Crippen LogP contribution in [0.3, 0.4) is 0 Å². The Hall–Kier alpha value is -1.76. The number of aryl methyl sites for hydroxylation is 2. The summed E-state index contributed by atoms with van der Waals surface area (Å²) in [5, 5.41) is 5.23. The number of anilines is 1. The summed E-state index contributed by atoms with van der Waals surface area (Å²) in [5.41, 5.74) is 0.839. The molecule has 3 heterocycles. The Bertz CT molecular complexity index is 644. The maximum Gasteiger partial charge on any atom is 0.266 e. The minimum absolute atomic E-state index is 0.0317. The highest BCUT2D eigenvalue weighted by Gasteiger charge is 2.29. The average Bonchev–Trinajstić information content (AvgIpc) is 2.73. The van der Waals surface area contributed by atoms with E-state index >= 15 is 0 Å². The molecule has 2 aromatic heterocycles. The molecular weight excluding hydrogens is 262 g/mol. The van der Waals surface area contributed by atoms with Crippen LogP contribution in [-0.4, -0.2) is 32.2 Å². The number of hydrogen-bond acceptors (Lipinski definition) is 6. The van der Waals surface area contributed by atoms with Gasteiger partial charge in [-0.05, 0) is 19.9 Å². The molecule has 0 saturated carbocycles. The van der Waals surface area contributed by atoms with Crippen LogP contribution in [0.2, 0.25) is 0 Å². The molecule has 0 unspecified atom stereocenters. The minimum atomic E-state index is -0.0317. The van der Waals surface area contributed by atoms with Crippen LogP contribution >= 0.6 is 11.5 Å². The second-order valence-electron chi connectivity index (χ2n) is 4.89. The lowest BCUT2D eigenvalue weighted by atomic mass is 10.0. The molecule has 0 aliphatic carbocycles. The van der Waals surface area contributed by atoms with Gasteiger partial charge in [0.1, 0.15) is 5.82 Å². The van der Waals surface area contributed by atoms with E-state index in [1.54, 1.807) is 16.8 Å². The highest BCUT2D eigenvalue weighted by Crippen LogP contribution is 2.26. The van der Waals surface area contributed by atoms with Crippen LogP contribution in [0.1, 0.15) is 11.5 Å². The smallest absolute Gasteiger partial charge is 0.266 e. The molecule has 1 saturated heterocycles. The summed E-state index contributed by atoms with van der Waals surface area (Å²) in [6.45, 7) is 6.29. The Morgan fingerprint density at radius 3 is 2.84 bits per heavy atom. The highest BCUT2D eigenvalue weighted by molar-refractivity contribution is 7.09. The monoisotopic (exact) mass is 277 g/mol. The summed E-state index contributed by atoms with van der Waals surface area (Å²) in [6, 6.07) is 3.32. The number of aromatic nitrogens is 4. The van der Waals surface area contributed by atoms with Crippen molar-refractivity contribution in [1.29, 1.82) is 0 Å². The fraction of sp³-hybridized carbons (Fsp3) is 0.500. The number of nitrogens with zero attached hydrogens (tertiary/aromatic N) is 5. The SMILES string of the molecule is Cc1ccc(=O)n(CC2CN(c3nc(C)ns3)C2)n1. The van der Waals surface area contributed by atoms with Crippen molar-refractivity contribution in [2.75, 3.05) is 18.0 Å². The molecule has 2 aromatic rings. The molecule has 3 rings (SSSR count). The van der Waals surface area contributed by atoms with Crippen molar-refractivity contribution in [3.63, 3.8) is 0 Å². The van der Waals surface area contributed by atoms with Crippen molar-refractivity contribution in [2.24, 2.45) is 5.92 Å². The van der Waals surface area contributed by atoms with E-state index in [1.807, 2.05) is 13.8 Å². The minimum Gasteiger partial charge on any atom is -0.346 e. The Labute approximate surface area is 114 Å². The number of rotatable bonds is 3. The van der Waals surface area contributed by atoms with Crippen molar-refractivity contribution in [1.82, 2.24) is 19.1 Å². The normalized spacial score (nSPS) is 15.6. The van der Waals surface area contributed by atoms with Gasteiger partial charge in [-0.1, -0.05) is 0 Å². The Morgan fingerprint density at radius 2 is 2.16 bits per heavy atom. The van der Waals surface area contributed by atoms with E-state index in [-0.39, 0.29) is 5.56 Å². The quantitative estimate of drug-likeness (QED) is 0.832. The molecule has 0 N–H and O–H groups in total.